The van der Waals surface area contributed by atoms with Crippen molar-refractivity contribution in [2.24, 2.45) is 0 Å². The number of carbonyl (C=O) groups is 3. The summed E-state index contributed by atoms with van der Waals surface area (Å²) in [5.74, 6) is 0.328. The van der Waals surface area contributed by atoms with Crippen LogP contribution < -0.4 is 9.80 Å². The van der Waals surface area contributed by atoms with E-state index in [1.807, 2.05) is 35.2 Å². The lowest BCUT2D eigenvalue weighted by Gasteiger charge is -2.41. The molecular formula is C24H27N7O6S. The number of benzene rings is 1. The number of fused-ring (bicyclic) bond motifs is 1. The Labute approximate surface area is 223 Å². The fourth-order valence-corrected chi connectivity index (χ4v) is 4.86. The summed E-state index contributed by atoms with van der Waals surface area (Å²) >= 11 is 1.25. The van der Waals surface area contributed by atoms with E-state index in [9.17, 15) is 29.9 Å². The number of carboxylic acid groups (broad SMARTS) is 2. The summed E-state index contributed by atoms with van der Waals surface area (Å²) in [7, 11) is 0. The van der Waals surface area contributed by atoms with E-state index >= 15 is 0 Å². The van der Waals surface area contributed by atoms with Crippen LogP contribution in [-0.2, 0) is 17.9 Å². The quantitative estimate of drug-likeness (QED) is 0.422. The highest BCUT2D eigenvalue weighted by atomic mass is 32.2. The van der Waals surface area contributed by atoms with E-state index in [0.29, 0.717) is 17.5 Å². The fraction of sp³-hybridized carbons (Fsp3) is 0.417. The molecule has 0 saturated carbocycles. The number of rotatable bonds is 5. The molecule has 3 heterocycles. The van der Waals surface area contributed by atoms with Crippen LogP contribution in [0, 0.1) is 11.3 Å². The Morgan fingerprint density at radius 2 is 1.87 bits per heavy atom. The second kappa shape index (κ2) is 11.9. The first kappa shape index (κ1) is 26.8. The zero-order valence-corrected chi connectivity index (χ0v) is 21.5. The van der Waals surface area contributed by atoms with E-state index < -0.39 is 24.3 Å². The Hall–Kier alpha value is -4.25. The first-order valence-corrected chi connectivity index (χ1v) is 13.1. The molecule has 13 nitrogen and oxygen atoms in total. The topological polar surface area (TPSA) is 163 Å². The minimum atomic E-state index is -1.25. The Bertz CT molecular complexity index is 1240. The van der Waals surface area contributed by atoms with E-state index in [0.717, 1.165) is 15.4 Å². The van der Waals surface area contributed by atoms with Crippen LogP contribution in [0.5, 0.6) is 0 Å². The van der Waals surface area contributed by atoms with Crippen LogP contribution in [-0.4, -0.2) is 93.3 Å². The summed E-state index contributed by atoms with van der Waals surface area (Å²) in [6.07, 6.45) is -1.16. The predicted octanol–water partition coefficient (Wildman–Crippen LogP) is 2.92. The van der Waals surface area contributed by atoms with Gasteiger partial charge in [0, 0.05) is 32.7 Å². The van der Waals surface area contributed by atoms with Crippen molar-refractivity contribution in [3.05, 3.63) is 41.6 Å². The van der Waals surface area contributed by atoms with Gasteiger partial charge in [0.2, 0.25) is 0 Å². The lowest BCUT2D eigenvalue weighted by molar-refractivity contribution is 0.0768. The highest BCUT2D eigenvalue weighted by Gasteiger charge is 2.37. The van der Waals surface area contributed by atoms with Crippen molar-refractivity contribution in [3.63, 3.8) is 0 Å². The number of hydrogen-bond acceptors (Lipinski definition) is 9. The van der Waals surface area contributed by atoms with Crippen LogP contribution in [0.25, 0.3) is 0 Å². The molecule has 1 aromatic carbocycles. The zero-order valence-electron chi connectivity index (χ0n) is 20.7. The molecule has 1 fully saturated rings. The summed E-state index contributed by atoms with van der Waals surface area (Å²) in [4.78, 5) is 51.4. The molecule has 2 aromatic rings. The third-order valence-corrected chi connectivity index (χ3v) is 6.90. The predicted molar refractivity (Wildman–Crippen MR) is 137 cm³/mol. The molecule has 0 bridgehead atoms. The molecule has 0 unspecified atom stereocenters. The van der Waals surface area contributed by atoms with Crippen molar-refractivity contribution < 1.29 is 29.3 Å². The maximum Gasteiger partial charge on any atom is 0.412 e. The van der Waals surface area contributed by atoms with Crippen LogP contribution in [0.3, 0.4) is 0 Å². The number of amides is 3. The van der Waals surface area contributed by atoms with Gasteiger partial charge in [-0.05, 0) is 11.8 Å². The monoisotopic (exact) mass is 541 g/mol. The van der Waals surface area contributed by atoms with E-state index in [1.165, 1.54) is 16.7 Å². The minimum Gasteiger partial charge on any atom is -0.465 e. The molecule has 14 heteroatoms. The molecule has 38 heavy (non-hydrogen) atoms. The fourth-order valence-electron chi connectivity index (χ4n) is 4.48. The largest absolute Gasteiger partial charge is 0.465 e. The maximum absolute atomic E-state index is 12.9. The van der Waals surface area contributed by atoms with Crippen molar-refractivity contribution in [3.8, 4) is 6.07 Å². The molecule has 2 N–H and O–H groups in total. The first-order chi connectivity index (χ1) is 18.3. The summed E-state index contributed by atoms with van der Waals surface area (Å²) in [5, 5.41) is 29.4. The Kier molecular flexibility index (Phi) is 8.37. The highest BCUT2D eigenvalue weighted by molar-refractivity contribution is 7.98. The summed E-state index contributed by atoms with van der Waals surface area (Å²) in [6, 6.07) is 10.9. The van der Waals surface area contributed by atoms with E-state index in [1.54, 1.807) is 6.26 Å². The molecular weight excluding hydrogens is 514 g/mol. The lowest BCUT2D eigenvalue weighted by atomic mass is 10.1. The number of anilines is 2. The van der Waals surface area contributed by atoms with Crippen molar-refractivity contribution in [1.29, 1.82) is 5.26 Å². The maximum atomic E-state index is 12.9. The lowest BCUT2D eigenvalue weighted by Crippen LogP contribution is -2.55. The highest BCUT2D eigenvalue weighted by Crippen LogP contribution is 2.36. The number of hydrogen-bond donors (Lipinski definition) is 2. The van der Waals surface area contributed by atoms with Crippen molar-refractivity contribution >= 4 is 41.5 Å². The van der Waals surface area contributed by atoms with Gasteiger partial charge < -0.3 is 29.6 Å². The third kappa shape index (κ3) is 5.83. The Balaban J connectivity index is 1.62. The van der Waals surface area contributed by atoms with Crippen LogP contribution in [0.2, 0.25) is 0 Å². The van der Waals surface area contributed by atoms with Gasteiger partial charge in [-0.25, -0.2) is 24.4 Å². The molecule has 1 atom stereocenters. The molecule has 0 radical (unpaired) electrons. The Morgan fingerprint density at radius 3 is 2.53 bits per heavy atom. The second-order valence-electron chi connectivity index (χ2n) is 8.66. The van der Waals surface area contributed by atoms with Gasteiger partial charge in [0.1, 0.15) is 12.3 Å². The average molecular weight is 542 g/mol. The normalized spacial score (nSPS) is 17.3. The van der Waals surface area contributed by atoms with E-state index in [-0.39, 0.29) is 57.1 Å². The van der Waals surface area contributed by atoms with Gasteiger partial charge in [-0.2, -0.15) is 5.26 Å². The number of thioether (sulfide) groups is 1. The SMILES string of the molecule is CSc1nc2c(c(N3CCN(C(=O)OCc4ccccc4)[C@@H](CC#N)C3)n1)N(C(=O)O)CCN(C(=O)O)C2. The number of aromatic nitrogens is 2. The smallest absolute Gasteiger partial charge is 0.412 e. The summed E-state index contributed by atoms with van der Waals surface area (Å²) in [6.45, 7) is 0.633. The van der Waals surface area contributed by atoms with Crippen molar-refractivity contribution in [2.75, 3.05) is 48.8 Å². The zero-order chi connectivity index (χ0) is 27.2. The summed E-state index contributed by atoms with van der Waals surface area (Å²) in [5.41, 5.74) is 1.34. The number of nitriles is 1. The van der Waals surface area contributed by atoms with Crippen LogP contribution in [0.4, 0.5) is 25.9 Å². The number of piperazine rings is 1. The van der Waals surface area contributed by atoms with Gasteiger partial charge >= 0.3 is 18.3 Å². The molecule has 0 spiro atoms. The van der Waals surface area contributed by atoms with Crippen LogP contribution >= 0.6 is 11.8 Å². The van der Waals surface area contributed by atoms with Gasteiger partial charge in [0.25, 0.3) is 0 Å². The first-order valence-electron chi connectivity index (χ1n) is 11.8. The molecule has 2 aliphatic heterocycles. The molecule has 0 aliphatic carbocycles. The molecule has 4 rings (SSSR count). The average Bonchev–Trinajstić information content (AvgIpc) is 3.12. The third-order valence-electron chi connectivity index (χ3n) is 6.35. The van der Waals surface area contributed by atoms with Crippen LogP contribution in [0.1, 0.15) is 17.7 Å². The molecule has 3 amide bonds. The minimum absolute atomic E-state index is 0.0237. The second-order valence-corrected chi connectivity index (χ2v) is 9.44. The van der Waals surface area contributed by atoms with Crippen molar-refractivity contribution in [2.45, 2.75) is 30.8 Å². The van der Waals surface area contributed by atoms with Gasteiger partial charge in [-0.15, -0.1) is 0 Å². The number of ether oxygens (including phenoxy) is 1. The molecule has 1 saturated heterocycles. The molecule has 2 aliphatic rings. The van der Waals surface area contributed by atoms with Crippen molar-refractivity contribution in [1.82, 2.24) is 19.8 Å². The van der Waals surface area contributed by atoms with Gasteiger partial charge in [-0.1, -0.05) is 42.1 Å². The summed E-state index contributed by atoms with van der Waals surface area (Å²) < 4.78 is 5.49. The number of carbonyl (C=O) groups excluding carboxylic acids is 1. The Morgan fingerprint density at radius 1 is 1.11 bits per heavy atom. The van der Waals surface area contributed by atoms with E-state index in [2.05, 4.69) is 16.0 Å². The van der Waals surface area contributed by atoms with Gasteiger partial charge in [-0.3, -0.25) is 4.90 Å². The van der Waals surface area contributed by atoms with Gasteiger partial charge in [0.05, 0.1) is 30.8 Å². The number of nitrogens with zero attached hydrogens (tertiary/aromatic N) is 7. The standard InChI is InChI=1S/C24H27N7O6S/c1-38-21-26-18-14-29(22(32)33)10-12-31(23(34)35)19(18)20(27-21)28-9-11-30(17(13-28)7-8-25)24(36)37-15-16-5-3-2-4-6-16/h2-6,17H,7,9-15H2,1H3,(H,32,33)(H,34,35)/t17-/m0/s1. The molecule has 200 valence electrons. The van der Waals surface area contributed by atoms with E-state index in [4.69, 9.17) is 4.74 Å². The molecule has 1 aromatic heterocycles. The van der Waals surface area contributed by atoms with Crippen LogP contribution in [0.15, 0.2) is 35.5 Å². The van der Waals surface area contributed by atoms with Gasteiger partial charge in [0.15, 0.2) is 11.0 Å².